The predicted molar refractivity (Wildman–Crippen MR) is 135 cm³/mol. The second-order valence-corrected chi connectivity index (χ2v) is 9.44. The Balaban J connectivity index is 1.08. The quantitative estimate of drug-likeness (QED) is 0.355. The van der Waals surface area contributed by atoms with Crippen LogP contribution < -0.4 is 5.32 Å². The number of H-pyrrole nitrogens is 1. The SMILES string of the molecule is C[C@H](NC1CCN(CCCc2c[nH]c3ccc(-n4cnnc4)cc23)CC1)[C@H](O)c1ccccc1. The third kappa shape index (κ3) is 5.22. The molecule has 4 aromatic rings. The summed E-state index contributed by atoms with van der Waals surface area (Å²) in [5, 5.41) is 23.4. The zero-order chi connectivity index (χ0) is 23.3. The fourth-order valence-corrected chi connectivity index (χ4v) is 5.09. The summed E-state index contributed by atoms with van der Waals surface area (Å²) in [6, 6.07) is 16.9. The third-order valence-electron chi connectivity index (χ3n) is 7.09. The maximum absolute atomic E-state index is 10.6. The molecule has 34 heavy (non-hydrogen) atoms. The molecule has 2 aromatic carbocycles. The lowest BCUT2D eigenvalue weighted by Crippen LogP contribution is -2.47. The molecule has 5 rings (SSSR count). The average molecular weight is 459 g/mol. The molecular formula is C27H34N6O. The van der Waals surface area contributed by atoms with E-state index in [2.05, 4.69) is 56.7 Å². The van der Waals surface area contributed by atoms with E-state index in [9.17, 15) is 5.11 Å². The van der Waals surface area contributed by atoms with Crippen molar-refractivity contribution in [1.29, 1.82) is 0 Å². The minimum Gasteiger partial charge on any atom is -0.387 e. The predicted octanol–water partition coefficient (Wildman–Crippen LogP) is 3.86. The smallest absolute Gasteiger partial charge is 0.123 e. The largest absolute Gasteiger partial charge is 0.387 e. The Labute approximate surface area is 200 Å². The van der Waals surface area contributed by atoms with Gasteiger partial charge in [-0.3, -0.25) is 4.57 Å². The molecule has 0 aliphatic carbocycles. The van der Waals surface area contributed by atoms with Crippen LogP contribution in [0.1, 0.15) is 43.4 Å². The van der Waals surface area contributed by atoms with Crippen molar-refractivity contribution < 1.29 is 5.11 Å². The van der Waals surface area contributed by atoms with Crippen molar-refractivity contribution in [2.24, 2.45) is 0 Å². The number of nitrogens with one attached hydrogen (secondary N) is 2. The Morgan fingerprint density at radius 1 is 1.09 bits per heavy atom. The number of fused-ring (bicyclic) bond motifs is 1. The third-order valence-corrected chi connectivity index (χ3v) is 7.09. The molecule has 7 heteroatoms. The van der Waals surface area contributed by atoms with Crippen molar-refractivity contribution in [3.8, 4) is 5.69 Å². The molecular weight excluding hydrogens is 424 g/mol. The monoisotopic (exact) mass is 458 g/mol. The first kappa shape index (κ1) is 22.8. The Morgan fingerprint density at radius 2 is 1.85 bits per heavy atom. The van der Waals surface area contributed by atoms with E-state index < -0.39 is 6.10 Å². The van der Waals surface area contributed by atoms with Gasteiger partial charge in [0.2, 0.25) is 0 Å². The van der Waals surface area contributed by atoms with Gasteiger partial charge in [0.15, 0.2) is 0 Å². The number of aromatic nitrogens is 4. The van der Waals surface area contributed by atoms with Gasteiger partial charge in [-0.05, 0) is 81.6 Å². The van der Waals surface area contributed by atoms with Gasteiger partial charge < -0.3 is 20.3 Å². The van der Waals surface area contributed by atoms with E-state index in [1.54, 1.807) is 12.7 Å². The van der Waals surface area contributed by atoms with Gasteiger partial charge in [0, 0.05) is 34.9 Å². The number of aryl methyl sites for hydroxylation is 1. The number of rotatable bonds is 9. The first-order valence-corrected chi connectivity index (χ1v) is 12.3. The van der Waals surface area contributed by atoms with Gasteiger partial charge in [0.25, 0.3) is 0 Å². The molecule has 0 saturated carbocycles. The van der Waals surface area contributed by atoms with Crippen LogP contribution in [0.15, 0.2) is 67.4 Å². The number of benzene rings is 2. The van der Waals surface area contributed by atoms with Gasteiger partial charge in [-0.1, -0.05) is 30.3 Å². The molecule has 0 spiro atoms. The maximum atomic E-state index is 10.6. The minimum atomic E-state index is -0.471. The summed E-state index contributed by atoms with van der Waals surface area (Å²) in [5.74, 6) is 0. The van der Waals surface area contributed by atoms with Crippen LogP contribution in [0.3, 0.4) is 0 Å². The Bertz CT molecular complexity index is 1160. The van der Waals surface area contributed by atoms with Crippen LogP contribution >= 0.6 is 0 Å². The molecule has 1 fully saturated rings. The van der Waals surface area contributed by atoms with Gasteiger partial charge in [-0.25, -0.2) is 0 Å². The molecule has 3 N–H and O–H groups in total. The number of nitrogens with zero attached hydrogens (tertiary/aromatic N) is 4. The minimum absolute atomic E-state index is 0.0452. The molecule has 2 aromatic heterocycles. The van der Waals surface area contributed by atoms with E-state index >= 15 is 0 Å². The number of likely N-dealkylation sites (tertiary alicyclic amines) is 1. The van der Waals surface area contributed by atoms with Crippen molar-refractivity contribution in [1.82, 2.24) is 30.0 Å². The molecule has 1 saturated heterocycles. The maximum Gasteiger partial charge on any atom is 0.123 e. The van der Waals surface area contributed by atoms with E-state index in [0.717, 1.165) is 56.6 Å². The topological polar surface area (TPSA) is 82.0 Å². The van der Waals surface area contributed by atoms with Gasteiger partial charge in [0.05, 0.1) is 6.10 Å². The summed E-state index contributed by atoms with van der Waals surface area (Å²) in [7, 11) is 0. The number of aliphatic hydroxyl groups is 1. The van der Waals surface area contributed by atoms with Crippen LogP contribution in [0, 0.1) is 0 Å². The Hall–Kier alpha value is -3.00. The van der Waals surface area contributed by atoms with Crippen molar-refractivity contribution >= 4 is 10.9 Å². The van der Waals surface area contributed by atoms with Gasteiger partial charge in [0.1, 0.15) is 12.7 Å². The van der Waals surface area contributed by atoms with E-state index in [1.165, 1.54) is 16.5 Å². The Morgan fingerprint density at radius 3 is 2.62 bits per heavy atom. The van der Waals surface area contributed by atoms with Crippen LogP contribution in [0.25, 0.3) is 16.6 Å². The molecule has 0 radical (unpaired) electrons. The highest BCUT2D eigenvalue weighted by atomic mass is 16.3. The lowest BCUT2D eigenvalue weighted by atomic mass is 9.99. The summed E-state index contributed by atoms with van der Waals surface area (Å²) in [6.07, 6.45) is 9.60. The van der Waals surface area contributed by atoms with Crippen LogP contribution in [0.4, 0.5) is 0 Å². The summed E-state index contributed by atoms with van der Waals surface area (Å²) in [5.41, 5.74) is 4.60. The summed E-state index contributed by atoms with van der Waals surface area (Å²) in [6.45, 7) is 5.42. The van der Waals surface area contributed by atoms with Crippen molar-refractivity contribution in [3.63, 3.8) is 0 Å². The van der Waals surface area contributed by atoms with E-state index in [0.29, 0.717) is 6.04 Å². The second kappa shape index (κ2) is 10.5. The molecule has 0 bridgehead atoms. The molecule has 2 atom stereocenters. The standard InChI is InChI=1S/C27H34N6O/c1-20(27(34)21-6-3-2-4-7-21)31-23-11-14-32(15-12-23)13-5-8-22-17-28-26-10-9-24(16-25(22)26)33-18-29-30-19-33/h2-4,6-7,9-10,16-20,23,27-28,31,34H,5,8,11-15H2,1H3/t20-,27-/m0/s1. The fraction of sp³-hybridized carbons (Fsp3) is 0.407. The van der Waals surface area contributed by atoms with E-state index in [1.807, 2.05) is 34.9 Å². The molecule has 7 nitrogen and oxygen atoms in total. The van der Waals surface area contributed by atoms with Crippen LogP contribution in [-0.2, 0) is 6.42 Å². The molecule has 1 aliphatic heterocycles. The highest BCUT2D eigenvalue weighted by Gasteiger charge is 2.23. The lowest BCUT2D eigenvalue weighted by Gasteiger charge is -2.35. The van der Waals surface area contributed by atoms with E-state index in [-0.39, 0.29) is 6.04 Å². The second-order valence-electron chi connectivity index (χ2n) is 9.44. The van der Waals surface area contributed by atoms with E-state index in [4.69, 9.17) is 0 Å². The van der Waals surface area contributed by atoms with Gasteiger partial charge in [-0.2, -0.15) is 0 Å². The number of aliphatic hydroxyl groups excluding tert-OH is 1. The number of hydrogen-bond acceptors (Lipinski definition) is 5. The highest BCUT2D eigenvalue weighted by Crippen LogP contribution is 2.23. The zero-order valence-electron chi connectivity index (χ0n) is 19.8. The molecule has 0 unspecified atom stereocenters. The summed E-state index contributed by atoms with van der Waals surface area (Å²) < 4.78 is 1.94. The molecule has 3 heterocycles. The van der Waals surface area contributed by atoms with Crippen LogP contribution in [0.2, 0.25) is 0 Å². The first-order valence-electron chi connectivity index (χ1n) is 12.3. The summed E-state index contributed by atoms with van der Waals surface area (Å²) in [4.78, 5) is 5.99. The highest BCUT2D eigenvalue weighted by molar-refractivity contribution is 5.85. The lowest BCUT2D eigenvalue weighted by molar-refractivity contribution is 0.115. The number of aromatic amines is 1. The van der Waals surface area contributed by atoms with Crippen LogP contribution in [-0.4, -0.2) is 61.5 Å². The fourth-order valence-electron chi connectivity index (χ4n) is 5.09. The average Bonchev–Trinajstić information content (AvgIpc) is 3.55. The normalized spacial score (nSPS) is 17.2. The molecule has 0 amide bonds. The number of piperidine rings is 1. The zero-order valence-corrected chi connectivity index (χ0v) is 19.8. The molecule has 1 aliphatic rings. The van der Waals surface area contributed by atoms with Gasteiger partial charge in [-0.15, -0.1) is 10.2 Å². The Kier molecular flexibility index (Phi) is 7.04. The van der Waals surface area contributed by atoms with Crippen molar-refractivity contribution in [3.05, 3.63) is 78.5 Å². The van der Waals surface area contributed by atoms with Gasteiger partial charge >= 0.3 is 0 Å². The number of hydrogen-bond donors (Lipinski definition) is 3. The van der Waals surface area contributed by atoms with Crippen LogP contribution in [0.5, 0.6) is 0 Å². The van der Waals surface area contributed by atoms with Crippen molar-refractivity contribution in [2.45, 2.75) is 50.8 Å². The molecule has 178 valence electrons. The first-order chi connectivity index (χ1) is 16.7. The summed E-state index contributed by atoms with van der Waals surface area (Å²) >= 11 is 0. The van der Waals surface area contributed by atoms with Crippen molar-refractivity contribution in [2.75, 3.05) is 19.6 Å².